The maximum absolute atomic E-state index is 11.8. The predicted molar refractivity (Wildman–Crippen MR) is 80.4 cm³/mol. The number of carbonyl (C=O) groups excluding carboxylic acids is 2. The van der Waals surface area contributed by atoms with E-state index in [2.05, 4.69) is 10.6 Å². The molecule has 106 valence electrons. The lowest BCUT2D eigenvalue weighted by molar-refractivity contribution is -0.121. The Balaban J connectivity index is 1.76. The van der Waals surface area contributed by atoms with E-state index in [-0.39, 0.29) is 11.8 Å². The van der Waals surface area contributed by atoms with Crippen LogP contribution < -0.4 is 16.4 Å². The fourth-order valence-corrected chi connectivity index (χ4v) is 1.84. The first-order valence-corrected chi connectivity index (χ1v) is 6.94. The van der Waals surface area contributed by atoms with E-state index in [9.17, 15) is 9.59 Å². The molecule has 0 atom stereocenters. The molecule has 2 rings (SSSR count). The maximum Gasteiger partial charge on any atom is 0.251 e. The zero-order valence-corrected chi connectivity index (χ0v) is 11.8. The minimum absolute atomic E-state index is 0.0170. The monoisotopic (exact) mass is 291 g/mol. The lowest BCUT2D eigenvalue weighted by Crippen LogP contribution is -2.31. The van der Waals surface area contributed by atoms with Crippen LogP contribution in [-0.4, -0.2) is 29.4 Å². The highest BCUT2D eigenvalue weighted by Gasteiger charge is 2.22. The van der Waals surface area contributed by atoms with Gasteiger partial charge in [-0.25, -0.2) is 0 Å². The van der Waals surface area contributed by atoms with Crippen molar-refractivity contribution in [2.24, 2.45) is 5.73 Å². The van der Waals surface area contributed by atoms with Crippen LogP contribution in [-0.2, 0) is 4.79 Å². The van der Waals surface area contributed by atoms with Crippen molar-refractivity contribution < 1.29 is 9.59 Å². The second-order valence-corrected chi connectivity index (χ2v) is 5.23. The van der Waals surface area contributed by atoms with Crippen LogP contribution in [0.5, 0.6) is 0 Å². The van der Waals surface area contributed by atoms with Crippen molar-refractivity contribution in [1.29, 1.82) is 0 Å². The lowest BCUT2D eigenvalue weighted by atomic mass is 10.1. The summed E-state index contributed by atoms with van der Waals surface area (Å²) in [6, 6.07) is 7.09. The quantitative estimate of drug-likeness (QED) is 0.674. The maximum atomic E-state index is 11.8. The van der Waals surface area contributed by atoms with Crippen LogP contribution in [0.1, 0.15) is 35.2 Å². The topological polar surface area (TPSA) is 84.2 Å². The standard InChI is InChI=1S/C14H17N3O2S/c15-13(20)9-1-3-10(4-2-9)14(19)16-8-7-12(18)17-11-5-6-11/h1-4,11H,5-8H2,(H2,15,20)(H,16,19)(H,17,18). The van der Waals surface area contributed by atoms with Crippen molar-refractivity contribution in [2.75, 3.05) is 6.54 Å². The molecule has 1 aliphatic rings. The summed E-state index contributed by atoms with van der Waals surface area (Å²) < 4.78 is 0. The molecule has 1 saturated carbocycles. The minimum Gasteiger partial charge on any atom is -0.389 e. The molecule has 0 aliphatic heterocycles. The molecule has 0 saturated heterocycles. The van der Waals surface area contributed by atoms with Gasteiger partial charge in [-0.05, 0) is 25.0 Å². The smallest absolute Gasteiger partial charge is 0.251 e. The van der Waals surface area contributed by atoms with Crippen LogP contribution in [0.3, 0.4) is 0 Å². The first-order chi connectivity index (χ1) is 9.56. The van der Waals surface area contributed by atoms with Gasteiger partial charge in [0.05, 0.1) is 0 Å². The molecule has 0 heterocycles. The predicted octanol–water partition coefficient (Wildman–Crippen LogP) is 0.719. The zero-order chi connectivity index (χ0) is 14.5. The van der Waals surface area contributed by atoms with E-state index in [0.717, 1.165) is 18.4 Å². The molecule has 6 heteroatoms. The molecule has 5 nitrogen and oxygen atoms in total. The Morgan fingerprint density at radius 2 is 1.80 bits per heavy atom. The van der Waals surface area contributed by atoms with E-state index in [1.54, 1.807) is 24.3 Å². The summed E-state index contributed by atoms with van der Waals surface area (Å²) >= 11 is 4.84. The van der Waals surface area contributed by atoms with E-state index in [4.69, 9.17) is 18.0 Å². The Bertz CT molecular complexity index is 524. The molecule has 2 amide bonds. The molecule has 0 spiro atoms. The van der Waals surface area contributed by atoms with Gasteiger partial charge in [0.25, 0.3) is 5.91 Å². The summed E-state index contributed by atoms with van der Waals surface area (Å²) in [5, 5.41) is 5.58. The number of nitrogens with one attached hydrogen (secondary N) is 2. The third-order valence-electron chi connectivity index (χ3n) is 3.01. The van der Waals surface area contributed by atoms with Crippen LogP contribution in [0.4, 0.5) is 0 Å². The number of thiocarbonyl (C=S) groups is 1. The fourth-order valence-electron chi connectivity index (χ4n) is 1.71. The van der Waals surface area contributed by atoms with Gasteiger partial charge in [0, 0.05) is 30.1 Å². The van der Waals surface area contributed by atoms with Crippen LogP contribution >= 0.6 is 12.2 Å². The first-order valence-electron chi connectivity index (χ1n) is 6.53. The number of nitrogens with two attached hydrogens (primary N) is 1. The average Bonchev–Trinajstić information content (AvgIpc) is 3.22. The number of hydrogen-bond donors (Lipinski definition) is 3. The summed E-state index contributed by atoms with van der Waals surface area (Å²) in [5.74, 6) is -0.227. The third kappa shape index (κ3) is 4.31. The number of hydrogen-bond acceptors (Lipinski definition) is 3. The fraction of sp³-hybridized carbons (Fsp3) is 0.357. The van der Waals surface area contributed by atoms with Gasteiger partial charge in [-0.1, -0.05) is 24.4 Å². The summed E-state index contributed by atoms with van der Waals surface area (Å²) in [4.78, 5) is 23.6. The summed E-state index contributed by atoms with van der Waals surface area (Å²) in [6.45, 7) is 0.328. The molecule has 1 aliphatic carbocycles. The van der Waals surface area contributed by atoms with E-state index >= 15 is 0 Å². The van der Waals surface area contributed by atoms with Crippen molar-refractivity contribution >= 4 is 29.0 Å². The second kappa shape index (κ2) is 6.47. The molecule has 0 aromatic heterocycles. The van der Waals surface area contributed by atoms with Crippen LogP contribution in [0, 0.1) is 0 Å². The van der Waals surface area contributed by atoms with Crippen molar-refractivity contribution in [3.63, 3.8) is 0 Å². The molecule has 1 aromatic rings. The van der Waals surface area contributed by atoms with Gasteiger partial charge in [-0.15, -0.1) is 0 Å². The van der Waals surface area contributed by atoms with E-state index in [1.165, 1.54) is 0 Å². The van der Waals surface area contributed by atoms with E-state index in [0.29, 0.717) is 29.6 Å². The third-order valence-corrected chi connectivity index (χ3v) is 3.25. The van der Waals surface area contributed by atoms with Gasteiger partial charge in [0.1, 0.15) is 4.99 Å². The van der Waals surface area contributed by atoms with Crippen LogP contribution in [0.2, 0.25) is 0 Å². The molecule has 4 N–H and O–H groups in total. The van der Waals surface area contributed by atoms with Gasteiger partial charge in [0.15, 0.2) is 0 Å². The molecule has 0 radical (unpaired) electrons. The normalized spacial score (nSPS) is 13.6. The lowest BCUT2D eigenvalue weighted by Gasteiger charge is -2.06. The summed E-state index contributed by atoms with van der Waals surface area (Å²) in [7, 11) is 0. The molecule has 0 bridgehead atoms. The van der Waals surface area contributed by atoms with Gasteiger partial charge in [-0.3, -0.25) is 9.59 Å². The molecule has 1 fully saturated rings. The highest BCUT2D eigenvalue weighted by Crippen LogP contribution is 2.18. The van der Waals surface area contributed by atoms with Crippen molar-refractivity contribution in [3.8, 4) is 0 Å². The molecule has 20 heavy (non-hydrogen) atoms. The van der Waals surface area contributed by atoms with E-state index < -0.39 is 0 Å². The van der Waals surface area contributed by atoms with Crippen molar-refractivity contribution in [2.45, 2.75) is 25.3 Å². The Hall–Kier alpha value is -1.95. The first kappa shape index (κ1) is 14.5. The number of rotatable bonds is 6. The summed E-state index contributed by atoms with van der Waals surface area (Å²) in [6.07, 6.45) is 2.42. The molecule has 1 aromatic carbocycles. The highest BCUT2D eigenvalue weighted by molar-refractivity contribution is 7.80. The number of amides is 2. The average molecular weight is 291 g/mol. The Morgan fingerprint density at radius 1 is 1.20 bits per heavy atom. The molecular weight excluding hydrogens is 274 g/mol. The zero-order valence-electron chi connectivity index (χ0n) is 11.0. The SMILES string of the molecule is NC(=S)c1ccc(C(=O)NCCC(=O)NC2CC2)cc1. The Labute approximate surface area is 122 Å². The Morgan fingerprint density at radius 3 is 2.35 bits per heavy atom. The van der Waals surface area contributed by atoms with Crippen molar-refractivity contribution in [1.82, 2.24) is 10.6 Å². The number of carbonyl (C=O) groups is 2. The van der Waals surface area contributed by atoms with Gasteiger partial charge in [0.2, 0.25) is 5.91 Å². The van der Waals surface area contributed by atoms with Gasteiger partial charge < -0.3 is 16.4 Å². The number of benzene rings is 1. The highest BCUT2D eigenvalue weighted by atomic mass is 32.1. The second-order valence-electron chi connectivity index (χ2n) is 4.79. The largest absolute Gasteiger partial charge is 0.389 e. The Kier molecular flexibility index (Phi) is 4.68. The molecule has 0 unspecified atom stereocenters. The summed E-state index contributed by atoms with van der Waals surface area (Å²) in [5.41, 5.74) is 6.73. The van der Waals surface area contributed by atoms with E-state index in [1.807, 2.05) is 0 Å². The van der Waals surface area contributed by atoms with Crippen molar-refractivity contribution in [3.05, 3.63) is 35.4 Å². The minimum atomic E-state index is -0.210. The van der Waals surface area contributed by atoms with Gasteiger partial charge >= 0.3 is 0 Å². The van der Waals surface area contributed by atoms with Crippen LogP contribution in [0.15, 0.2) is 24.3 Å². The van der Waals surface area contributed by atoms with Gasteiger partial charge in [-0.2, -0.15) is 0 Å². The molecular formula is C14H17N3O2S. The van der Waals surface area contributed by atoms with Crippen LogP contribution in [0.25, 0.3) is 0 Å².